The predicted octanol–water partition coefficient (Wildman–Crippen LogP) is 4.51. The van der Waals surface area contributed by atoms with Gasteiger partial charge < -0.3 is 14.7 Å². The third-order valence-corrected chi connectivity index (χ3v) is 6.07. The van der Waals surface area contributed by atoms with E-state index in [1.807, 2.05) is 42.1 Å². The van der Waals surface area contributed by atoms with Crippen LogP contribution in [0.1, 0.15) is 24.1 Å². The van der Waals surface area contributed by atoms with Crippen molar-refractivity contribution in [3.63, 3.8) is 0 Å². The molecule has 5 rings (SSSR count). The zero-order valence-corrected chi connectivity index (χ0v) is 19.3. The monoisotopic (exact) mass is 463 g/mol. The minimum Gasteiger partial charge on any atom is -0.369 e. The number of aryl methyl sites for hydroxylation is 1. The second-order valence-corrected chi connectivity index (χ2v) is 8.72. The first-order chi connectivity index (χ1) is 16.1. The number of anilines is 1. The molecule has 0 saturated carbocycles. The van der Waals surface area contributed by atoms with Crippen molar-refractivity contribution in [1.29, 1.82) is 0 Å². The highest BCUT2D eigenvalue weighted by Gasteiger charge is 2.15. The van der Waals surface area contributed by atoms with Gasteiger partial charge in [-0.3, -0.25) is 4.68 Å². The maximum atomic E-state index is 5.96. The molecule has 0 aliphatic carbocycles. The fraction of sp³-hybridized carbons (Fsp3) is 0.333. The third kappa shape index (κ3) is 5.23. The first kappa shape index (κ1) is 21.6. The van der Waals surface area contributed by atoms with Crippen LogP contribution in [-0.4, -0.2) is 56.0 Å². The number of rotatable bonds is 8. The van der Waals surface area contributed by atoms with Crippen LogP contribution in [0, 0.1) is 6.92 Å². The molecule has 1 N–H and O–H groups in total. The Hall–Kier alpha value is -3.23. The Kier molecular flexibility index (Phi) is 6.37. The van der Waals surface area contributed by atoms with Crippen LogP contribution in [-0.2, 0) is 6.54 Å². The van der Waals surface area contributed by atoms with E-state index in [-0.39, 0.29) is 0 Å². The molecule has 33 heavy (non-hydrogen) atoms. The highest BCUT2D eigenvalue weighted by Crippen LogP contribution is 2.23. The molecular formula is C24H26ClN7O. The zero-order chi connectivity index (χ0) is 22.6. The van der Waals surface area contributed by atoms with Crippen LogP contribution in [0.2, 0.25) is 5.02 Å². The van der Waals surface area contributed by atoms with Crippen LogP contribution in [0.3, 0.4) is 0 Å². The summed E-state index contributed by atoms with van der Waals surface area (Å²) in [5.74, 6) is 1.79. The van der Waals surface area contributed by atoms with Gasteiger partial charge in [-0.05, 0) is 74.8 Å². The number of aromatic nitrogens is 5. The third-order valence-electron chi connectivity index (χ3n) is 5.82. The van der Waals surface area contributed by atoms with E-state index >= 15 is 0 Å². The average Bonchev–Trinajstić information content (AvgIpc) is 3.58. The maximum Gasteiger partial charge on any atom is 0.278 e. The molecule has 0 spiro atoms. The Balaban J connectivity index is 1.21. The highest BCUT2D eigenvalue weighted by molar-refractivity contribution is 6.30. The predicted molar refractivity (Wildman–Crippen MR) is 128 cm³/mol. The molecular weight excluding hydrogens is 438 g/mol. The smallest absolute Gasteiger partial charge is 0.278 e. The molecule has 1 fully saturated rings. The van der Waals surface area contributed by atoms with Gasteiger partial charge in [0, 0.05) is 35.6 Å². The number of nitrogens with zero attached hydrogens (tertiary/aromatic N) is 6. The highest BCUT2D eigenvalue weighted by atomic mass is 35.5. The van der Waals surface area contributed by atoms with Gasteiger partial charge >= 0.3 is 0 Å². The van der Waals surface area contributed by atoms with Gasteiger partial charge in [0.05, 0.1) is 6.54 Å². The molecule has 1 aliphatic rings. The lowest BCUT2D eigenvalue weighted by Crippen LogP contribution is -2.26. The van der Waals surface area contributed by atoms with Crippen molar-refractivity contribution in [3.05, 3.63) is 64.9 Å². The molecule has 1 aromatic carbocycles. The Morgan fingerprint density at radius 1 is 1.09 bits per heavy atom. The summed E-state index contributed by atoms with van der Waals surface area (Å²) >= 11 is 5.96. The molecule has 1 aliphatic heterocycles. The summed E-state index contributed by atoms with van der Waals surface area (Å²) < 4.78 is 7.37. The number of benzene rings is 1. The molecule has 0 radical (unpaired) electrons. The Morgan fingerprint density at radius 3 is 2.67 bits per heavy atom. The van der Waals surface area contributed by atoms with Gasteiger partial charge in [0.1, 0.15) is 5.82 Å². The van der Waals surface area contributed by atoms with E-state index < -0.39 is 0 Å². The maximum absolute atomic E-state index is 5.96. The van der Waals surface area contributed by atoms with E-state index in [4.69, 9.17) is 16.1 Å². The van der Waals surface area contributed by atoms with E-state index in [0.29, 0.717) is 29.0 Å². The van der Waals surface area contributed by atoms with Gasteiger partial charge in [0.15, 0.2) is 5.69 Å². The Labute approximate surface area is 197 Å². The molecule has 0 amide bonds. The van der Waals surface area contributed by atoms with E-state index in [1.165, 1.54) is 25.9 Å². The fourth-order valence-electron chi connectivity index (χ4n) is 3.96. The molecule has 0 bridgehead atoms. The number of pyridine rings is 1. The van der Waals surface area contributed by atoms with Crippen LogP contribution < -0.4 is 5.32 Å². The number of likely N-dealkylation sites (tertiary alicyclic amines) is 1. The second-order valence-electron chi connectivity index (χ2n) is 8.29. The van der Waals surface area contributed by atoms with E-state index in [1.54, 1.807) is 12.1 Å². The lowest BCUT2D eigenvalue weighted by atomic mass is 10.2. The van der Waals surface area contributed by atoms with Crippen LogP contribution >= 0.6 is 11.6 Å². The van der Waals surface area contributed by atoms with Gasteiger partial charge in [0.2, 0.25) is 5.82 Å². The minimum atomic E-state index is 0.387. The summed E-state index contributed by atoms with van der Waals surface area (Å²) in [5, 5.41) is 12.8. The SMILES string of the molecule is Cc1cc(-c2nc(-c3ccc(Cl)cc3)no2)nn1Cc1ccc(NCCN2CCCC2)nc1. The van der Waals surface area contributed by atoms with E-state index in [2.05, 4.69) is 36.5 Å². The van der Waals surface area contributed by atoms with Gasteiger partial charge in [-0.15, -0.1) is 0 Å². The zero-order valence-electron chi connectivity index (χ0n) is 18.5. The molecule has 3 aromatic heterocycles. The number of hydrogen-bond acceptors (Lipinski definition) is 7. The standard InChI is InChI=1S/C24H26ClN7O/c1-17-14-21(24-28-23(30-33-24)19-5-7-20(25)8-6-19)29-32(17)16-18-4-9-22(27-15-18)26-10-13-31-11-2-3-12-31/h4-9,14-15H,2-3,10-13,16H2,1H3,(H,26,27). The topological polar surface area (TPSA) is 84.9 Å². The van der Waals surface area contributed by atoms with Crippen LogP contribution in [0.25, 0.3) is 23.0 Å². The number of halogens is 1. The largest absolute Gasteiger partial charge is 0.369 e. The van der Waals surface area contributed by atoms with E-state index in [0.717, 1.165) is 35.7 Å². The molecule has 170 valence electrons. The molecule has 1 saturated heterocycles. The van der Waals surface area contributed by atoms with Crippen molar-refractivity contribution in [3.8, 4) is 23.0 Å². The molecule has 9 heteroatoms. The first-order valence-corrected chi connectivity index (χ1v) is 11.6. The van der Waals surface area contributed by atoms with Crippen molar-refractivity contribution in [2.45, 2.75) is 26.3 Å². The molecule has 4 aromatic rings. The summed E-state index contributed by atoms with van der Waals surface area (Å²) in [6.07, 6.45) is 4.53. The quantitative estimate of drug-likeness (QED) is 0.411. The van der Waals surface area contributed by atoms with Crippen LogP contribution in [0.5, 0.6) is 0 Å². The fourth-order valence-corrected chi connectivity index (χ4v) is 4.09. The summed E-state index contributed by atoms with van der Waals surface area (Å²) in [5.41, 5.74) is 3.56. The molecule has 0 unspecified atom stereocenters. The van der Waals surface area contributed by atoms with E-state index in [9.17, 15) is 0 Å². The first-order valence-electron chi connectivity index (χ1n) is 11.2. The summed E-state index contributed by atoms with van der Waals surface area (Å²) in [6.45, 7) is 7.03. The van der Waals surface area contributed by atoms with Crippen molar-refractivity contribution in [2.24, 2.45) is 0 Å². The summed E-state index contributed by atoms with van der Waals surface area (Å²) in [4.78, 5) is 11.5. The van der Waals surface area contributed by atoms with Gasteiger partial charge in [-0.2, -0.15) is 10.1 Å². The van der Waals surface area contributed by atoms with Crippen molar-refractivity contribution >= 4 is 17.4 Å². The number of hydrogen-bond donors (Lipinski definition) is 1. The average molecular weight is 464 g/mol. The molecule has 8 nitrogen and oxygen atoms in total. The minimum absolute atomic E-state index is 0.387. The lowest BCUT2D eigenvalue weighted by Gasteiger charge is -2.15. The lowest BCUT2D eigenvalue weighted by molar-refractivity contribution is 0.352. The van der Waals surface area contributed by atoms with Crippen LogP contribution in [0.4, 0.5) is 5.82 Å². The number of nitrogens with one attached hydrogen (secondary N) is 1. The Morgan fingerprint density at radius 2 is 1.91 bits per heavy atom. The second kappa shape index (κ2) is 9.72. The van der Waals surface area contributed by atoms with Gasteiger partial charge in [0.25, 0.3) is 5.89 Å². The van der Waals surface area contributed by atoms with Crippen LogP contribution in [0.15, 0.2) is 53.2 Å². The Bertz CT molecular complexity index is 1190. The molecule has 4 heterocycles. The molecule has 0 atom stereocenters. The van der Waals surface area contributed by atoms with Crippen molar-refractivity contribution in [1.82, 2.24) is 29.8 Å². The summed E-state index contributed by atoms with van der Waals surface area (Å²) in [6, 6.07) is 13.4. The van der Waals surface area contributed by atoms with Gasteiger partial charge in [-0.25, -0.2) is 4.98 Å². The summed E-state index contributed by atoms with van der Waals surface area (Å²) in [7, 11) is 0. The normalized spacial score (nSPS) is 14.1. The van der Waals surface area contributed by atoms with Crippen molar-refractivity contribution in [2.75, 3.05) is 31.5 Å². The van der Waals surface area contributed by atoms with Crippen molar-refractivity contribution < 1.29 is 4.52 Å². The van der Waals surface area contributed by atoms with Gasteiger partial charge in [-0.1, -0.05) is 22.8 Å².